The van der Waals surface area contributed by atoms with Crippen LogP contribution < -0.4 is 28.1 Å². The Balaban J connectivity index is 0.000000175. The molecular formula is C64H50N8Pb3S2. The number of imidazole rings is 2. The first-order valence-electron chi connectivity index (χ1n) is 25.4. The van der Waals surface area contributed by atoms with Gasteiger partial charge >= 0.3 is 473 Å². The molecule has 13 heteroatoms. The van der Waals surface area contributed by atoms with Crippen LogP contribution in [0.15, 0.2) is 308 Å². The SMILES string of the molecule is c1cc[c]([Pb]([S]c2ncnc3c2nc[n]3[Pb]([c]2ccccc2)([c]2ccccc2)[c]2ccccc2)([c]2ccccc2)[c]2ccccc2)cc1.c1cc[c]([Pb]([S]c2ncnc3nc[nH]c23)([c]2ccccc2)[c]2ccccc2)cc1. The van der Waals surface area contributed by atoms with Gasteiger partial charge in [0.15, 0.2) is 0 Å². The third-order valence-electron chi connectivity index (χ3n) is 14.0. The Morgan fingerprint density at radius 1 is 0.312 bits per heavy atom. The van der Waals surface area contributed by atoms with Crippen LogP contribution in [0.4, 0.5) is 0 Å². The minimum atomic E-state index is -4.22. The van der Waals surface area contributed by atoms with E-state index in [9.17, 15) is 0 Å². The third-order valence-corrected chi connectivity index (χ3v) is 84.1. The van der Waals surface area contributed by atoms with Crippen molar-refractivity contribution in [1.82, 2.24) is 37.3 Å². The second kappa shape index (κ2) is 23.6. The number of nitrogens with one attached hydrogen (secondary N) is 1. The van der Waals surface area contributed by atoms with Crippen LogP contribution in [0.25, 0.3) is 22.3 Å². The van der Waals surface area contributed by atoms with Crippen LogP contribution in [0.1, 0.15) is 0 Å². The first-order valence-corrected chi connectivity index (χ1v) is 55.8. The Hall–Kier alpha value is -6.45. The van der Waals surface area contributed by atoms with Gasteiger partial charge in [-0.05, 0) is 0 Å². The van der Waals surface area contributed by atoms with Gasteiger partial charge in [0, 0.05) is 0 Å². The van der Waals surface area contributed by atoms with Crippen LogP contribution in [-0.2, 0) is 0 Å². The molecule has 0 saturated heterocycles. The number of benzene rings is 9. The fourth-order valence-corrected chi connectivity index (χ4v) is 79.3. The van der Waals surface area contributed by atoms with E-state index in [-0.39, 0.29) is 0 Å². The number of hydrogen-bond acceptors (Lipinski definition) is 8. The topological polar surface area (TPSA) is 98.1 Å². The molecule has 77 heavy (non-hydrogen) atoms. The summed E-state index contributed by atoms with van der Waals surface area (Å²) in [6.07, 6.45) is 7.12. The van der Waals surface area contributed by atoms with Crippen LogP contribution in [0.2, 0.25) is 0 Å². The third kappa shape index (κ3) is 9.95. The molecule has 0 spiro atoms. The molecule has 9 aromatic carbocycles. The fraction of sp³-hybridized carbons (Fsp3) is 0. The predicted octanol–water partition coefficient (Wildman–Crippen LogP) is 8.21. The van der Waals surface area contributed by atoms with Crippen molar-refractivity contribution in [1.29, 1.82) is 0 Å². The van der Waals surface area contributed by atoms with Crippen LogP contribution in [0.5, 0.6) is 0 Å². The van der Waals surface area contributed by atoms with Gasteiger partial charge in [0.2, 0.25) is 0 Å². The van der Waals surface area contributed by atoms with Gasteiger partial charge < -0.3 is 0 Å². The Morgan fingerprint density at radius 3 is 0.987 bits per heavy atom. The molecule has 0 aliphatic carbocycles. The average molecular weight is 1620 g/mol. The van der Waals surface area contributed by atoms with Crippen molar-refractivity contribution in [3.8, 4) is 0 Å². The molecule has 13 rings (SSSR count). The normalized spacial score (nSPS) is 11.7. The van der Waals surface area contributed by atoms with Crippen LogP contribution in [0.3, 0.4) is 0 Å². The van der Waals surface area contributed by atoms with E-state index in [0.29, 0.717) is 5.65 Å². The van der Waals surface area contributed by atoms with Gasteiger partial charge in [-0.1, -0.05) is 0 Å². The molecule has 4 aromatic heterocycles. The monoisotopic (exact) mass is 1620 g/mol. The van der Waals surface area contributed by atoms with E-state index in [1.165, 1.54) is 28.1 Å². The van der Waals surface area contributed by atoms with Crippen molar-refractivity contribution < 1.29 is 0 Å². The zero-order chi connectivity index (χ0) is 51.7. The van der Waals surface area contributed by atoms with Gasteiger partial charge in [0.25, 0.3) is 0 Å². The molecule has 0 atom stereocenters. The summed E-state index contributed by atoms with van der Waals surface area (Å²) < 4.78 is 14.9. The fourth-order valence-electron chi connectivity index (χ4n) is 10.6. The molecule has 0 aliphatic rings. The molecule has 13 aromatic rings. The second-order valence-electron chi connectivity index (χ2n) is 18.3. The Labute approximate surface area is 468 Å². The molecule has 0 saturated carbocycles. The first kappa shape index (κ1) is 51.3. The molecule has 0 amide bonds. The van der Waals surface area contributed by atoms with Gasteiger partial charge in [-0.3, -0.25) is 0 Å². The second-order valence-corrected chi connectivity index (χ2v) is 73.2. The van der Waals surface area contributed by atoms with Crippen molar-refractivity contribution in [2.24, 2.45) is 0 Å². The number of aromatic amines is 1. The number of fused-ring (bicyclic) bond motifs is 2. The van der Waals surface area contributed by atoms with Crippen molar-refractivity contribution in [3.63, 3.8) is 0 Å². The summed E-state index contributed by atoms with van der Waals surface area (Å²) in [5.74, 6) is 0. The van der Waals surface area contributed by atoms with Crippen molar-refractivity contribution >= 4 is 128 Å². The maximum atomic E-state index is 5.23. The molecule has 1 N–H and O–H groups in total. The summed E-state index contributed by atoms with van der Waals surface area (Å²) >= 11 is -11.9. The van der Waals surface area contributed by atoms with Crippen molar-refractivity contribution in [2.75, 3.05) is 0 Å². The van der Waals surface area contributed by atoms with E-state index in [2.05, 4.69) is 302 Å². The zero-order valence-electron chi connectivity index (χ0n) is 41.7. The summed E-state index contributed by atoms with van der Waals surface area (Å²) in [6.45, 7) is 0. The van der Waals surface area contributed by atoms with E-state index in [0.717, 1.165) is 26.7 Å². The van der Waals surface area contributed by atoms with Gasteiger partial charge in [0.05, 0.1) is 0 Å². The minimum absolute atomic E-state index is 0.707. The standard InChI is InChI=1S/9C6H5.C5H4N4S.C5H3N4S.3Pb/c9*1-2-4-6-5-3-1;2*10-5-3-4(7-1-6-3)8-2-9-5;;;/h9*1-5H;1-2H,(H2,6,7,8,9,10);1-2H,(H-,6,7,8,9,10);;;/q;;;;;;;;;;-1;3*+1/p-2. The van der Waals surface area contributed by atoms with E-state index in [4.69, 9.17) is 15.0 Å². The number of hydrogen-bond donors (Lipinski definition) is 1. The number of nitrogens with zero attached hydrogens (tertiary/aromatic N) is 7. The Morgan fingerprint density at radius 2 is 0.623 bits per heavy atom. The van der Waals surface area contributed by atoms with Gasteiger partial charge in [-0.25, -0.2) is 0 Å². The molecule has 8 nitrogen and oxygen atoms in total. The van der Waals surface area contributed by atoms with Gasteiger partial charge in [0.1, 0.15) is 0 Å². The zero-order valence-corrected chi connectivity index (χ0v) is 55.0. The van der Waals surface area contributed by atoms with E-state index in [1.54, 1.807) is 19.0 Å². The molecule has 0 unspecified atom stereocenters. The Bertz CT molecular complexity index is 3690. The summed E-state index contributed by atoms with van der Waals surface area (Å²) in [7, 11) is 3.89. The molecule has 370 valence electrons. The predicted molar refractivity (Wildman–Crippen MR) is 326 cm³/mol. The molecule has 0 radical (unpaired) electrons. The molecule has 0 bridgehead atoms. The number of H-pyrrole nitrogens is 1. The summed E-state index contributed by atoms with van der Waals surface area (Å²) in [5, 5.41) is 1.90. The number of aromatic nitrogens is 8. The summed E-state index contributed by atoms with van der Waals surface area (Å²) in [6, 6.07) is 99.1. The van der Waals surface area contributed by atoms with Gasteiger partial charge in [-0.15, -0.1) is 0 Å². The van der Waals surface area contributed by atoms with E-state index < -0.39 is 60.8 Å². The van der Waals surface area contributed by atoms with Crippen LogP contribution in [-0.4, -0.2) is 98.1 Å². The van der Waals surface area contributed by atoms with Crippen molar-refractivity contribution in [3.05, 3.63) is 298 Å². The van der Waals surface area contributed by atoms with E-state index in [1.807, 2.05) is 16.6 Å². The maximum absolute atomic E-state index is 5.23. The quantitative estimate of drug-likeness (QED) is 0.0861. The van der Waals surface area contributed by atoms with Crippen LogP contribution in [0, 0.1) is 0 Å². The number of rotatable bonds is 14. The van der Waals surface area contributed by atoms with Gasteiger partial charge in [-0.2, -0.15) is 0 Å². The van der Waals surface area contributed by atoms with E-state index >= 15 is 0 Å². The summed E-state index contributed by atoms with van der Waals surface area (Å²) in [5.41, 5.74) is 3.37. The Kier molecular flexibility index (Phi) is 15.8. The first-order chi connectivity index (χ1) is 38.2. The molecular weight excluding hydrogens is 1570 g/mol. The molecule has 4 heterocycles. The van der Waals surface area contributed by atoms with Crippen molar-refractivity contribution in [2.45, 2.75) is 10.1 Å². The van der Waals surface area contributed by atoms with Crippen LogP contribution >= 0.6 is 16.6 Å². The molecule has 0 aliphatic heterocycles. The average Bonchev–Trinajstić information content (AvgIpc) is 4.39. The summed E-state index contributed by atoms with van der Waals surface area (Å²) in [4.78, 5) is 31.9. The molecule has 0 fully saturated rings.